The number of amides is 3. The standard InChI is InChI=1S/C23H25ClF2N2O4S.C22H22ClF2NO4S.C21H22ClF2NO5S2.C21H21ClF2O4S/c1-2-27-22(29)28-12-14-4-3-11-23(33(30,31)16-7-5-15(24)6-8-16)17(14)13-32-21-19(26)10-9-18(25)20(21)23;1-13(27)26-11-14-3-2-10-22(31(28,29)16-6-4-15(23)5-7-16)17(14)12-30-21-19(25)9-8-18(24)20(21)22;1-31(26,27)25-11-13-3-2-10-21(32(28,29)15-6-4-14(22)5-7-15)16(13)12-30-20-18(24)9-8-17(23)19(20)21;1-2-14-15-11-28-20-17(24)8-7-16(23)19(20)21(15,10-9-18(14)25)29(26,27)13-5-3-12(22)4-6-13/h5-10,14,17H,2-4,11-13H2,1H3,(H2,27,28,29);4-9,14,17H,2-3,10-12H2,1H3,(H,26,27);4-9,13,16,25H,2-3,10-12H2,1H3;3-8,14-15,18,25H,2,9-11H2,1H3/t14-,17-,23-;14-,17-,22-;13-,16-,21-;14-,15-,18-,21-/m0000/s1. The Balaban J connectivity index is 0.000000143. The summed E-state index contributed by atoms with van der Waals surface area (Å²) in [5.41, 5.74) is -1.12. The van der Waals surface area contributed by atoms with Crippen LogP contribution in [0.25, 0.3) is 0 Å². The monoisotopic (exact) mass is 1910 g/mol. The first-order valence-corrected chi connectivity index (χ1v) is 49.8. The van der Waals surface area contributed by atoms with Crippen LogP contribution >= 0.6 is 46.4 Å². The van der Waals surface area contributed by atoms with Crippen LogP contribution in [0.15, 0.2) is 165 Å². The molecule has 0 spiro atoms. The average Bonchev–Trinajstić information content (AvgIpc) is 0.710. The fraction of sp³-hybridized carbons (Fsp3) is 0.425. The number of benzene rings is 8. The molecule has 0 aromatic heterocycles. The molecule has 0 saturated heterocycles. The van der Waals surface area contributed by atoms with Crippen LogP contribution in [-0.4, -0.2) is 124 Å². The molecule has 4 heterocycles. The number of aliphatic hydroxyl groups is 1. The summed E-state index contributed by atoms with van der Waals surface area (Å²) >= 11 is 23.7. The van der Waals surface area contributed by atoms with E-state index < -0.39 is 162 Å². The van der Waals surface area contributed by atoms with Gasteiger partial charge in [0.15, 0.2) is 85.6 Å². The number of halogens is 12. The predicted octanol–water partition coefficient (Wildman–Crippen LogP) is 16.8. The summed E-state index contributed by atoms with van der Waals surface area (Å²) < 4.78 is 273. The molecule has 4 aliphatic heterocycles. The summed E-state index contributed by atoms with van der Waals surface area (Å²) in [5, 5.41) is 20.1. The van der Waals surface area contributed by atoms with E-state index >= 15 is 17.6 Å². The molecule has 0 radical (unpaired) electrons. The Morgan fingerprint density at radius 1 is 0.384 bits per heavy atom. The van der Waals surface area contributed by atoms with Crippen LogP contribution in [0.3, 0.4) is 0 Å². The van der Waals surface area contributed by atoms with E-state index in [1.54, 1.807) is 6.92 Å². The van der Waals surface area contributed by atoms with Gasteiger partial charge in [0.25, 0.3) is 0 Å². The number of sulfone groups is 4. The smallest absolute Gasteiger partial charge is 0.314 e. The van der Waals surface area contributed by atoms with Gasteiger partial charge in [-0.15, -0.1) is 0 Å². The lowest BCUT2D eigenvalue weighted by molar-refractivity contribution is -0.119. The molecule has 8 aromatic carbocycles. The Kier molecular flexibility index (Phi) is 28.2. The number of carbonyl (C=O) groups is 2. The van der Waals surface area contributed by atoms with Gasteiger partial charge in [-0.25, -0.2) is 86.7 Å². The topological polar surface area (TPSA) is 310 Å². The molecular formula is C87H90Cl4F8N4O17S5. The fourth-order valence-corrected chi connectivity index (χ4v) is 31.0. The molecule has 21 nitrogen and oxygen atoms in total. The van der Waals surface area contributed by atoms with Gasteiger partial charge in [-0.05, 0) is 228 Å². The van der Waals surface area contributed by atoms with Gasteiger partial charge in [0.1, 0.15) is 42.3 Å². The van der Waals surface area contributed by atoms with Gasteiger partial charge in [-0.2, -0.15) is 0 Å². The molecule has 16 rings (SSSR count). The second kappa shape index (κ2) is 37.2. The van der Waals surface area contributed by atoms with E-state index in [0.717, 1.165) is 54.8 Å². The minimum Gasteiger partial charge on any atom is -0.490 e. The van der Waals surface area contributed by atoms with Gasteiger partial charge in [-0.1, -0.05) is 79.0 Å². The minimum atomic E-state index is -4.26. The Morgan fingerprint density at radius 2 is 0.656 bits per heavy atom. The van der Waals surface area contributed by atoms with Crippen molar-refractivity contribution in [3.63, 3.8) is 0 Å². The Labute approximate surface area is 740 Å². The van der Waals surface area contributed by atoms with Crippen LogP contribution in [0, 0.1) is 93.9 Å². The van der Waals surface area contributed by atoms with E-state index in [2.05, 4.69) is 20.7 Å². The molecule has 3 amide bonds. The lowest BCUT2D eigenvalue weighted by Crippen LogP contribution is -2.57. The zero-order valence-electron chi connectivity index (χ0n) is 67.8. The van der Waals surface area contributed by atoms with Crippen molar-refractivity contribution in [3.8, 4) is 23.0 Å². The first-order valence-electron chi connectivity index (χ1n) is 40.5. The highest BCUT2D eigenvalue weighted by molar-refractivity contribution is 7.93. The van der Waals surface area contributed by atoms with E-state index in [1.165, 1.54) is 104 Å². The zero-order chi connectivity index (χ0) is 90.5. The van der Waals surface area contributed by atoms with Gasteiger partial charge >= 0.3 is 6.03 Å². The van der Waals surface area contributed by atoms with Crippen molar-refractivity contribution < 1.29 is 111 Å². The maximum absolute atomic E-state index is 15.3. The van der Waals surface area contributed by atoms with Crippen LogP contribution in [-0.2, 0) is 73.2 Å². The van der Waals surface area contributed by atoms with Crippen molar-refractivity contribution in [2.24, 2.45) is 47.3 Å². The molecule has 4 saturated carbocycles. The molecule has 5 N–H and O–H groups in total. The molecule has 4 aliphatic carbocycles. The molecular weight excluding hydrogens is 1830 g/mol. The van der Waals surface area contributed by atoms with Gasteiger partial charge in [0.2, 0.25) is 15.9 Å². The molecule has 674 valence electrons. The third-order valence-corrected chi connectivity index (χ3v) is 37.8. The fourth-order valence-electron chi connectivity index (χ4n) is 20.3. The van der Waals surface area contributed by atoms with Crippen molar-refractivity contribution in [1.29, 1.82) is 0 Å². The van der Waals surface area contributed by atoms with Crippen LogP contribution in [0.4, 0.5) is 39.9 Å². The van der Waals surface area contributed by atoms with Crippen LogP contribution in [0.2, 0.25) is 20.1 Å². The average molecular weight is 1920 g/mol. The summed E-state index contributed by atoms with van der Waals surface area (Å²) in [6.07, 6.45) is 4.26. The van der Waals surface area contributed by atoms with Crippen molar-refractivity contribution in [1.82, 2.24) is 20.7 Å². The van der Waals surface area contributed by atoms with Crippen LogP contribution in [0.1, 0.15) is 120 Å². The molecule has 0 unspecified atom stereocenters. The molecule has 8 aromatic rings. The van der Waals surface area contributed by atoms with E-state index in [0.29, 0.717) is 71.6 Å². The Bertz CT molecular complexity index is 6030. The quantitative estimate of drug-likeness (QED) is 0.0529. The molecule has 0 bridgehead atoms. The number of nitrogens with one attached hydrogen (secondary N) is 4. The first-order chi connectivity index (χ1) is 59.1. The van der Waals surface area contributed by atoms with Crippen LogP contribution < -0.4 is 39.6 Å². The highest BCUT2D eigenvalue weighted by atomic mass is 35.5. The first kappa shape index (κ1) is 94.6. The van der Waals surface area contributed by atoms with Gasteiger partial charge in [-0.3, -0.25) is 4.79 Å². The summed E-state index contributed by atoms with van der Waals surface area (Å²) in [5.74, 6) is -12.7. The third-order valence-electron chi connectivity index (χ3n) is 25.8. The maximum atomic E-state index is 15.3. The number of ether oxygens (including phenoxy) is 4. The summed E-state index contributed by atoms with van der Waals surface area (Å²) in [4.78, 5) is 23.3. The largest absolute Gasteiger partial charge is 0.490 e. The van der Waals surface area contributed by atoms with E-state index in [4.69, 9.17) is 65.4 Å². The molecule has 13 atom stereocenters. The number of hydrogen-bond donors (Lipinski definition) is 5. The van der Waals surface area contributed by atoms with Crippen molar-refractivity contribution in [3.05, 3.63) is 234 Å². The predicted molar refractivity (Wildman–Crippen MR) is 452 cm³/mol. The highest BCUT2D eigenvalue weighted by Crippen LogP contribution is 2.63. The Morgan fingerprint density at radius 3 is 0.936 bits per heavy atom. The molecule has 38 heteroatoms. The lowest BCUT2D eigenvalue weighted by atomic mass is 9.65. The number of rotatable bonds is 17. The summed E-state index contributed by atoms with van der Waals surface area (Å²) in [7, 11) is -20.4. The summed E-state index contributed by atoms with van der Waals surface area (Å²) in [6.45, 7) is 5.33. The second-order valence-corrected chi connectivity index (χ2v) is 44.8. The highest BCUT2D eigenvalue weighted by Gasteiger charge is 2.66. The van der Waals surface area contributed by atoms with Crippen molar-refractivity contribution in [2.45, 2.75) is 142 Å². The number of carbonyl (C=O) groups excluding carboxylic acids is 2. The maximum Gasteiger partial charge on any atom is 0.314 e. The van der Waals surface area contributed by atoms with E-state index in [-0.39, 0.29) is 161 Å². The normalized spacial score (nSPS) is 25.9. The number of fused-ring (bicyclic) bond motifs is 12. The van der Waals surface area contributed by atoms with Gasteiger partial charge in [0, 0.05) is 76.9 Å². The second-order valence-electron chi connectivity index (χ2n) is 32.4. The lowest BCUT2D eigenvalue weighted by Gasteiger charge is -2.51. The Hall–Kier alpha value is -8.03. The molecule has 4 fully saturated rings. The minimum absolute atomic E-state index is 0.0152. The number of urea groups is 1. The van der Waals surface area contributed by atoms with Crippen molar-refractivity contribution in [2.75, 3.05) is 58.9 Å². The van der Waals surface area contributed by atoms with E-state index in [9.17, 15) is 74.3 Å². The molecule has 125 heavy (non-hydrogen) atoms. The third kappa shape index (κ3) is 17.2. The molecule has 8 aliphatic rings. The zero-order valence-corrected chi connectivity index (χ0v) is 74.9. The van der Waals surface area contributed by atoms with E-state index in [1.807, 2.05) is 6.92 Å². The SMILES string of the molecule is CC(=O)NC[C@@H]1CCC[C@@]2(S(=O)(=O)c3ccc(Cl)cc3)c3c(F)ccc(F)c3OC[C@@H]12.CCNC(=O)NC[C@@H]1CCC[C@@]2(S(=O)(=O)c3ccc(Cl)cc3)c3c(F)ccc(F)c3OC[C@@H]12.CC[C@@H]1[C@@H](O)CC[C@@]2(S(=O)(=O)c3ccc(Cl)cc3)c3c(F)ccc(F)c3OC[C@@H]12.CS(=O)(=O)NC[C@@H]1CCC[C@@]2(S(=O)(=O)c3ccc(Cl)cc3)c3c(F)ccc(F)c3OC[C@@H]12. The van der Waals surface area contributed by atoms with Gasteiger partial charge < -0.3 is 40.0 Å². The van der Waals surface area contributed by atoms with Crippen molar-refractivity contribution >= 4 is 108 Å². The number of sulfonamides is 1. The number of aliphatic hydroxyl groups excluding tert-OH is 1. The van der Waals surface area contributed by atoms with Crippen LogP contribution in [0.5, 0.6) is 23.0 Å². The van der Waals surface area contributed by atoms with Gasteiger partial charge in [0.05, 0.1) is 80.6 Å². The summed E-state index contributed by atoms with van der Waals surface area (Å²) in [6, 6.07) is 29.6. The number of hydrogen-bond acceptors (Lipinski definition) is 17.